The smallest absolute Gasteiger partial charge is 0.240 e. The third-order valence-electron chi connectivity index (χ3n) is 4.82. The Kier molecular flexibility index (Phi) is 4.36. The molecule has 20 heavy (non-hydrogen) atoms. The second-order valence-corrected chi connectivity index (χ2v) is 6.13. The van der Waals surface area contributed by atoms with E-state index in [4.69, 9.17) is 9.26 Å². The molecule has 112 valence electrons. The van der Waals surface area contributed by atoms with E-state index < -0.39 is 0 Å². The highest BCUT2D eigenvalue weighted by atomic mass is 16.5. The monoisotopic (exact) mass is 279 g/mol. The van der Waals surface area contributed by atoms with Gasteiger partial charge in [-0.1, -0.05) is 37.3 Å². The predicted molar refractivity (Wildman–Crippen MR) is 75.2 cm³/mol. The van der Waals surface area contributed by atoms with Crippen LogP contribution in [0.15, 0.2) is 4.52 Å². The van der Waals surface area contributed by atoms with Crippen LogP contribution in [0.1, 0.15) is 69.5 Å². The number of ether oxygens (including phenoxy) is 1. The maximum atomic E-state index is 5.75. The number of hydrogen-bond acceptors (Lipinski definition) is 5. The third kappa shape index (κ3) is 2.88. The van der Waals surface area contributed by atoms with Crippen molar-refractivity contribution >= 4 is 0 Å². The molecule has 2 aliphatic carbocycles. The first-order valence-electron chi connectivity index (χ1n) is 7.94. The van der Waals surface area contributed by atoms with Crippen LogP contribution in [-0.2, 0) is 16.9 Å². The Labute approximate surface area is 120 Å². The summed E-state index contributed by atoms with van der Waals surface area (Å²) in [5.41, 5.74) is -0.312. The summed E-state index contributed by atoms with van der Waals surface area (Å²) < 4.78 is 11.2. The lowest BCUT2D eigenvalue weighted by molar-refractivity contribution is -0.0527. The van der Waals surface area contributed by atoms with Crippen molar-refractivity contribution in [3.05, 3.63) is 11.7 Å². The summed E-state index contributed by atoms with van der Waals surface area (Å²) in [5.74, 6) is 1.43. The van der Waals surface area contributed by atoms with Crippen molar-refractivity contribution in [2.45, 2.75) is 76.0 Å². The Bertz CT molecular complexity index is 421. The molecule has 2 saturated carbocycles. The van der Waals surface area contributed by atoms with Crippen molar-refractivity contribution in [3.63, 3.8) is 0 Å². The Morgan fingerprint density at radius 3 is 2.65 bits per heavy atom. The van der Waals surface area contributed by atoms with Gasteiger partial charge in [-0.2, -0.15) is 4.98 Å². The van der Waals surface area contributed by atoms with Gasteiger partial charge in [-0.3, -0.25) is 0 Å². The van der Waals surface area contributed by atoms with Gasteiger partial charge in [0.2, 0.25) is 11.7 Å². The molecular weight excluding hydrogens is 254 g/mol. The molecule has 0 spiro atoms. The van der Waals surface area contributed by atoms with Gasteiger partial charge >= 0.3 is 0 Å². The summed E-state index contributed by atoms with van der Waals surface area (Å²) in [4.78, 5) is 4.57. The SMILES string of the molecule is COC1(c2noc(CNC3CCCC3)n2)CCCCC1. The minimum absolute atomic E-state index is 0.312. The second-order valence-electron chi connectivity index (χ2n) is 6.13. The first kappa shape index (κ1) is 14.0. The van der Waals surface area contributed by atoms with Gasteiger partial charge in [0, 0.05) is 13.2 Å². The zero-order valence-corrected chi connectivity index (χ0v) is 12.4. The topological polar surface area (TPSA) is 60.2 Å². The fourth-order valence-corrected chi connectivity index (χ4v) is 3.52. The fourth-order valence-electron chi connectivity index (χ4n) is 3.52. The van der Waals surface area contributed by atoms with Crippen molar-refractivity contribution in [3.8, 4) is 0 Å². The molecule has 5 nitrogen and oxygen atoms in total. The summed E-state index contributed by atoms with van der Waals surface area (Å²) >= 11 is 0. The number of aromatic nitrogens is 2. The number of methoxy groups -OCH3 is 1. The molecule has 1 N–H and O–H groups in total. The van der Waals surface area contributed by atoms with Crippen molar-refractivity contribution < 1.29 is 9.26 Å². The van der Waals surface area contributed by atoms with Crippen LogP contribution >= 0.6 is 0 Å². The Hall–Kier alpha value is -0.940. The van der Waals surface area contributed by atoms with E-state index in [9.17, 15) is 0 Å². The molecule has 3 rings (SSSR count). The van der Waals surface area contributed by atoms with Crippen molar-refractivity contribution in [1.82, 2.24) is 15.5 Å². The van der Waals surface area contributed by atoms with Gasteiger partial charge in [0.25, 0.3) is 0 Å². The molecule has 0 aliphatic heterocycles. The Balaban J connectivity index is 1.62. The number of hydrogen-bond donors (Lipinski definition) is 1. The molecular formula is C15H25N3O2. The maximum Gasteiger partial charge on any atom is 0.240 e. The molecule has 0 bridgehead atoms. The second kappa shape index (κ2) is 6.22. The molecule has 0 saturated heterocycles. The van der Waals surface area contributed by atoms with Gasteiger partial charge in [0.05, 0.1) is 6.54 Å². The van der Waals surface area contributed by atoms with Crippen molar-refractivity contribution in [2.75, 3.05) is 7.11 Å². The highest BCUT2D eigenvalue weighted by Crippen LogP contribution is 2.38. The van der Waals surface area contributed by atoms with Crippen LogP contribution < -0.4 is 5.32 Å². The average Bonchev–Trinajstić information content (AvgIpc) is 3.17. The van der Waals surface area contributed by atoms with Crippen molar-refractivity contribution in [1.29, 1.82) is 0 Å². The molecule has 1 aromatic heterocycles. The van der Waals surface area contributed by atoms with Gasteiger partial charge in [0.1, 0.15) is 5.60 Å². The lowest BCUT2D eigenvalue weighted by Crippen LogP contribution is -2.32. The molecule has 5 heteroatoms. The van der Waals surface area contributed by atoms with E-state index in [1.165, 1.54) is 44.9 Å². The Morgan fingerprint density at radius 2 is 1.95 bits per heavy atom. The molecule has 2 aliphatic rings. The van der Waals surface area contributed by atoms with Crippen LogP contribution in [0.3, 0.4) is 0 Å². The Morgan fingerprint density at radius 1 is 1.20 bits per heavy atom. The number of rotatable bonds is 5. The molecule has 2 fully saturated rings. The van der Waals surface area contributed by atoms with Crippen LogP contribution in [-0.4, -0.2) is 23.3 Å². The summed E-state index contributed by atoms with van der Waals surface area (Å²) in [6, 6.07) is 0.622. The molecule has 0 unspecified atom stereocenters. The molecule has 0 radical (unpaired) electrons. The normalized spacial score (nSPS) is 23.2. The summed E-state index contributed by atoms with van der Waals surface area (Å²) in [6.45, 7) is 0.678. The van der Waals surface area contributed by atoms with Crippen LogP contribution in [0.25, 0.3) is 0 Å². The van der Waals surface area contributed by atoms with Crippen LogP contribution in [0, 0.1) is 0 Å². The summed E-state index contributed by atoms with van der Waals surface area (Å²) in [7, 11) is 1.76. The molecule has 0 amide bonds. The van der Waals surface area contributed by atoms with Crippen LogP contribution in [0.4, 0.5) is 0 Å². The van der Waals surface area contributed by atoms with Crippen molar-refractivity contribution in [2.24, 2.45) is 0 Å². The standard InChI is InChI=1S/C15H25N3O2/c1-19-15(9-5-2-6-10-15)14-17-13(20-18-14)11-16-12-7-3-4-8-12/h12,16H,2-11H2,1H3. The van der Waals surface area contributed by atoms with Gasteiger partial charge in [-0.05, 0) is 25.7 Å². The largest absolute Gasteiger partial charge is 0.370 e. The number of nitrogens with zero attached hydrogens (tertiary/aromatic N) is 2. The van der Waals surface area contributed by atoms with Gasteiger partial charge in [0.15, 0.2) is 0 Å². The number of nitrogens with one attached hydrogen (secondary N) is 1. The van der Waals surface area contributed by atoms with Crippen LogP contribution in [0.2, 0.25) is 0 Å². The zero-order valence-electron chi connectivity index (χ0n) is 12.4. The van der Waals surface area contributed by atoms with E-state index in [1.54, 1.807) is 7.11 Å². The van der Waals surface area contributed by atoms with Crippen LogP contribution in [0.5, 0.6) is 0 Å². The first-order valence-corrected chi connectivity index (χ1v) is 7.94. The lowest BCUT2D eigenvalue weighted by Gasteiger charge is -2.32. The third-order valence-corrected chi connectivity index (χ3v) is 4.82. The van der Waals surface area contributed by atoms with E-state index in [0.717, 1.165) is 18.7 Å². The van der Waals surface area contributed by atoms with E-state index in [0.29, 0.717) is 18.5 Å². The molecule has 0 aromatic carbocycles. The fraction of sp³-hybridized carbons (Fsp3) is 0.867. The highest BCUT2D eigenvalue weighted by molar-refractivity contribution is 5.03. The first-order chi connectivity index (χ1) is 9.82. The lowest BCUT2D eigenvalue weighted by atomic mass is 9.84. The minimum atomic E-state index is -0.312. The predicted octanol–water partition coefficient (Wildman–Crippen LogP) is 2.91. The van der Waals surface area contributed by atoms with E-state index in [-0.39, 0.29) is 5.60 Å². The molecule has 1 aromatic rings. The van der Waals surface area contributed by atoms with E-state index in [2.05, 4.69) is 15.5 Å². The molecule has 0 atom stereocenters. The van der Waals surface area contributed by atoms with Gasteiger partial charge in [-0.25, -0.2) is 0 Å². The summed E-state index contributed by atoms with van der Waals surface area (Å²) in [6.07, 6.45) is 10.8. The van der Waals surface area contributed by atoms with Gasteiger partial charge < -0.3 is 14.6 Å². The van der Waals surface area contributed by atoms with Gasteiger partial charge in [-0.15, -0.1) is 0 Å². The van der Waals surface area contributed by atoms with E-state index in [1.807, 2.05) is 0 Å². The summed E-state index contributed by atoms with van der Waals surface area (Å²) in [5, 5.41) is 7.68. The quantitative estimate of drug-likeness (QED) is 0.898. The molecule has 1 heterocycles. The van der Waals surface area contributed by atoms with E-state index >= 15 is 0 Å². The zero-order chi connectivity index (χ0) is 13.8. The average molecular weight is 279 g/mol. The highest BCUT2D eigenvalue weighted by Gasteiger charge is 2.38. The maximum absolute atomic E-state index is 5.75. The minimum Gasteiger partial charge on any atom is -0.370 e.